The molecule has 2 aromatic rings. The van der Waals surface area contributed by atoms with Crippen LogP contribution in [0.25, 0.3) is 0 Å². The van der Waals surface area contributed by atoms with Crippen molar-refractivity contribution < 1.29 is 9.53 Å². The minimum Gasteiger partial charge on any atom is -0.370 e. The Morgan fingerprint density at radius 1 is 1.29 bits per heavy atom. The zero-order chi connectivity index (χ0) is 19.0. The number of hydrogen-bond acceptors (Lipinski definition) is 4. The Morgan fingerprint density at radius 2 is 2.07 bits per heavy atom. The maximum Gasteiger partial charge on any atom is 0.228 e. The molecule has 4 atom stereocenters. The first-order valence-corrected chi connectivity index (χ1v) is 9.71. The van der Waals surface area contributed by atoms with Gasteiger partial charge < -0.3 is 15.0 Å². The highest BCUT2D eigenvalue weighted by atomic mass is 35.5. The number of ether oxygens (including phenoxy) is 1. The smallest absolute Gasteiger partial charge is 0.228 e. The summed E-state index contributed by atoms with van der Waals surface area (Å²) < 4.78 is 7.90. The Morgan fingerprint density at radius 3 is 2.79 bits per heavy atom. The first-order valence-electron chi connectivity index (χ1n) is 9.71. The lowest BCUT2D eigenvalue weighted by Gasteiger charge is -2.40. The van der Waals surface area contributed by atoms with Gasteiger partial charge in [-0.2, -0.15) is 5.10 Å². The molecule has 2 unspecified atom stereocenters. The standard InChI is InChI=1S/C21H28N4O2.ClH/c1-14-6-4-5-7-17(14)20-12-25(15(2)13-27-20)21(26)19-10-22-9-18(19)16-8-23-24(3)11-16;/h4-8,11,15,18-20,22H,9-10,12-13H2,1-3H3;1H/t15?,18-,19+,20?;/m1./s1. The molecule has 1 aromatic heterocycles. The predicted molar refractivity (Wildman–Crippen MR) is 111 cm³/mol. The van der Waals surface area contributed by atoms with Crippen LogP contribution < -0.4 is 5.32 Å². The molecule has 2 aliphatic heterocycles. The quantitative estimate of drug-likeness (QED) is 0.853. The first kappa shape index (κ1) is 20.8. The van der Waals surface area contributed by atoms with Crippen molar-refractivity contribution in [1.82, 2.24) is 20.0 Å². The number of nitrogens with one attached hydrogen (secondary N) is 1. The molecule has 0 saturated carbocycles. The number of halogens is 1. The molecule has 0 spiro atoms. The van der Waals surface area contributed by atoms with Crippen molar-refractivity contribution in [1.29, 1.82) is 0 Å². The van der Waals surface area contributed by atoms with Crippen LogP contribution in [-0.4, -0.2) is 52.9 Å². The highest BCUT2D eigenvalue weighted by Crippen LogP contribution is 2.33. The van der Waals surface area contributed by atoms with Gasteiger partial charge in [0.05, 0.1) is 31.3 Å². The summed E-state index contributed by atoms with van der Waals surface area (Å²) in [6.45, 7) is 6.90. The summed E-state index contributed by atoms with van der Waals surface area (Å²) in [4.78, 5) is 15.5. The van der Waals surface area contributed by atoms with Crippen LogP contribution in [0.5, 0.6) is 0 Å². The van der Waals surface area contributed by atoms with Crippen LogP contribution in [0.2, 0.25) is 0 Å². The Hall–Kier alpha value is -1.89. The number of aromatic nitrogens is 2. The van der Waals surface area contributed by atoms with Crippen molar-refractivity contribution in [2.45, 2.75) is 31.9 Å². The van der Waals surface area contributed by atoms with Gasteiger partial charge in [0, 0.05) is 32.3 Å². The van der Waals surface area contributed by atoms with E-state index >= 15 is 0 Å². The van der Waals surface area contributed by atoms with E-state index in [1.54, 1.807) is 4.68 Å². The Bertz CT molecular complexity index is 824. The van der Waals surface area contributed by atoms with Crippen LogP contribution >= 0.6 is 12.4 Å². The maximum absolute atomic E-state index is 13.5. The van der Waals surface area contributed by atoms with E-state index in [9.17, 15) is 4.79 Å². The van der Waals surface area contributed by atoms with Gasteiger partial charge in [-0.1, -0.05) is 24.3 Å². The highest BCUT2D eigenvalue weighted by Gasteiger charge is 2.40. The third-order valence-electron chi connectivity index (χ3n) is 5.94. The fraction of sp³-hybridized carbons (Fsp3) is 0.524. The molecule has 1 amide bonds. The molecule has 1 aromatic carbocycles. The Balaban J connectivity index is 0.00000225. The van der Waals surface area contributed by atoms with E-state index in [1.165, 1.54) is 11.1 Å². The van der Waals surface area contributed by atoms with E-state index in [-0.39, 0.29) is 42.3 Å². The van der Waals surface area contributed by atoms with Gasteiger partial charge in [-0.15, -0.1) is 12.4 Å². The van der Waals surface area contributed by atoms with Gasteiger partial charge in [-0.25, -0.2) is 0 Å². The van der Waals surface area contributed by atoms with Crippen molar-refractivity contribution in [2.24, 2.45) is 13.0 Å². The molecule has 0 aliphatic carbocycles. The van der Waals surface area contributed by atoms with E-state index < -0.39 is 0 Å². The summed E-state index contributed by atoms with van der Waals surface area (Å²) >= 11 is 0. The number of carbonyl (C=O) groups excluding carboxylic acids is 1. The summed E-state index contributed by atoms with van der Waals surface area (Å²) in [5.74, 6) is 0.355. The van der Waals surface area contributed by atoms with Gasteiger partial charge in [0.2, 0.25) is 5.91 Å². The maximum atomic E-state index is 13.5. The lowest BCUT2D eigenvalue weighted by Crippen LogP contribution is -2.51. The largest absolute Gasteiger partial charge is 0.370 e. The lowest BCUT2D eigenvalue weighted by atomic mass is 9.89. The van der Waals surface area contributed by atoms with Crippen LogP contribution in [0.15, 0.2) is 36.7 Å². The minimum atomic E-state index is -0.0578. The molecule has 6 nitrogen and oxygen atoms in total. The molecule has 3 heterocycles. The van der Waals surface area contributed by atoms with Gasteiger partial charge in [0.1, 0.15) is 6.10 Å². The zero-order valence-electron chi connectivity index (χ0n) is 16.7. The summed E-state index contributed by atoms with van der Waals surface area (Å²) in [6.07, 6.45) is 3.85. The SMILES string of the molecule is Cc1ccccc1C1CN(C(=O)[C@H]2CNC[C@@H]2c2cnn(C)c2)C(C)CO1.Cl. The van der Waals surface area contributed by atoms with Crippen LogP contribution in [0.4, 0.5) is 0 Å². The lowest BCUT2D eigenvalue weighted by molar-refractivity contribution is -0.148. The van der Waals surface area contributed by atoms with Gasteiger partial charge in [0.25, 0.3) is 0 Å². The number of morpholine rings is 1. The van der Waals surface area contributed by atoms with Gasteiger partial charge in [-0.05, 0) is 30.5 Å². The summed E-state index contributed by atoms with van der Waals surface area (Å²) in [5.41, 5.74) is 3.52. The van der Waals surface area contributed by atoms with Gasteiger partial charge in [0.15, 0.2) is 0 Å². The van der Waals surface area contributed by atoms with Gasteiger partial charge in [-0.3, -0.25) is 9.48 Å². The van der Waals surface area contributed by atoms with E-state index in [0.717, 1.165) is 18.7 Å². The third kappa shape index (κ3) is 3.95. The summed E-state index contributed by atoms with van der Waals surface area (Å²) in [5, 5.41) is 7.69. The van der Waals surface area contributed by atoms with E-state index in [4.69, 9.17) is 4.74 Å². The molecule has 2 fully saturated rings. The number of amides is 1. The normalized spacial score (nSPS) is 27.5. The molecule has 28 heavy (non-hydrogen) atoms. The molecule has 0 bridgehead atoms. The molecule has 2 aliphatic rings. The zero-order valence-corrected chi connectivity index (χ0v) is 17.5. The van der Waals surface area contributed by atoms with Crippen molar-refractivity contribution in [3.63, 3.8) is 0 Å². The van der Waals surface area contributed by atoms with Crippen molar-refractivity contribution >= 4 is 18.3 Å². The molecule has 2 saturated heterocycles. The van der Waals surface area contributed by atoms with E-state index in [2.05, 4.69) is 36.4 Å². The Kier molecular flexibility index (Phi) is 6.43. The predicted octanol–water partition coefficient (Wildman–Crippen LogP) is 2.44. The minimum absolute atomic E-state index is 0. The van der Waals surface area contributed by atoms with Crippen LogP contribution in [0.1, 0.15) is 35.6 Å². The topological polar surface area (TPSA) is 59.4 Å². The molecular formula is C21H29ClN4O2. The average Bonchev–Trinajstić information content (AvgIpc) is 3.31. The van der Waals surface area contributed by atoms with Crippen molar-refractivity contribution in [2.75, 3.05) is 26.2 Å². The number of hydrogen-bond donors (Lipinski definition) is 1. The molecule has 0 radical (unpaired) electrons. The van der Waals surface area contributed by atoms with Crippen LogP contribution in [0.3, 0.4) is 0 Å². The molecule has 4 rings (SSSR count). The summed E-state index contributed by atoms with van der Waals surface area (Å²) in [6, 6.07) is 8.37. The molecule has 152 valence electrons. The second-order valence-corrected chi connectivity index (χ2v) is 7.84. The third-order valence-corrected chi connectivity index (χ3v) is 5.94. The van der Waals surface area contributed by atoms with E-state index in [0.29, 0.717) is 13.2 Å². The number of carbonyl (C=O) groups is 1. The van der Waals surface area contributed by atoms with Crippen LogP contribution in [0, 0.1) is 12.8 Å². The molecule has 7 heteroatoms. The number of benzene rings is 1. The average molecular weight is 405 g/mol. The first-order chi connectivity index (χ1) is 13.0. The fourth-order valence-corrected chi connectivity index (χ4v) is 4.33. The number of nitrogens with zero attached hydrogens (tertiary/aromatic N) is 3. The van der Waals surface area contributed by atoms with Crippen molar-refractivity contribution in [3.8, 4) is 0 Å². The van der Waals surface area contributed by atoms with Crippen molar-refractivity contribution in [3.05, 3.63) is 53.3 Å². The molecule has 1 N–H and O–H groups in total. The molecular weight excluding hydrogens is 376 g/mol. The second kappa shape index (κ2) is 8.64. The number of rotatable bonds is 3. The van der Waals surface area contributed by atoms with E-state index in [1.807, 2.05) is 36.5 Å². The van der Waals surface area contributed by atoms with Crippen LogP contribution in [-0.2, 0) is 16.6 Å². The fourth-order valence-electron chi connectivity index (χ4n) is 4.33. The highest BCUT2D eigenvalue weighted by molar-refractivity contribution is 5.85. The Labute approximate surface area is 172 Å². The second-order valence-electron chi connectivity index (χ2n) is 7.84. The monoisotopic (exact) mass is 404 g/mol. The number of aryl methyl sites for hydroxylation is 2. The summed E-state index contributed by atoms with van der Waals surface area (Å²) in [7, 11) is 1.92. The van der Waals surface area contributed by atoms with Gasteiger partial charge >= 0.3 is 0 Å².